The summed E-state index contributed by atoms with van der Waals surface area (Å²) in [5.41, 5.74) is 7.10. The number of fused-ring (bicyclic) bond motifs is 1. The summed E-state index contributed by atoms with van der Waals surface area (Å²) in [6.07, 6.45) is 3.97. The van der Waals surface area contributed by atoms with E-state index in [9.17, 15) is 9.59 Å². The number of aryl methyl sites for hydroxylation is 1. The Morgan fingerprint density at radius 2 is 2.00 bits per heavy atom. The molecule has 0 radical (unpaired) electrons. The molecule has 122 valence electrons. The first-order chi connectivity index (χ1) is 11.0. The summed E-state index contributed by atoms with van der Waals surface area (Å²) in [6, 6.07) is 5.86. The van der Waals surface area contributed by atoms with Crippen molar-refractivity contribution in [1.29, 1.82) is 0 Å². The van der Waals surface area contributed by atoms with Crippen LogP contribution in [-0.4, -0.2) is 23.6 Å². The maximum absolute atomic E-state index is 12.4. The van der Waals surface area contributed by atoms with Crippen molar-refractivity contribution in [2.24, 2.45) is 11.7 Å². The summed E-state index contributed by atoms with van der Waals surface area (Å²) >= 11 is 0. The lowest BCUT2D eigenvalue weighted by Crippen LogP contribution is -2.32. The normalized spacial score (nSPS) is 16.0. The first-order valence-corrected chi connectivity index (χ1v) is 8.23. The Balaban J connectivity index is 2.11. The average Bonchev–Trinajstić information content (AvgIpc) is 2.55. The van der Waals surface area contributed by atoms with E-state index in [-0.39, 0.29) is 11.0 Å². The molecule has 1 aromatic heterocycles. The molecule has 2 aromatic rings. The summed E-state index contributed by atoms with van der Waals surface area (Å²) in [5.74, 6) is 0.104. The highest BCUT2D eigenvalue weighted by molar-refractivity contribution is 5.96. The van der Waals surface area contributed by atoms with Crippen LogP contribution >= 0.6 is 0 Å². The number of rotatable bonds is 3. The van der Waals surface area contributed by atoms with E-state index in [0.717, 1.165) is 30.2 Å². The van der Waals surface area contributed by atoms with Crippen LogP contribution in [0.5, 0.6) is 0 Å². The summed E-state index contributed by atoms with van der Waals surface area (Å²) in [6.45, 7) is 7.05. The average molecular weight is 313 g/mol. The third kappa shape index (κ3) is 2.83. The molecule has 2 N–H and O–H groups in total. The smallest absolute Gasteiger partial charge is 0.254 e. The number of nitrogens with zero attached hydrogens (tertiary/aromatic N) is 2. The van der Waals surface area contributed by atoms with Crippen LogP contribution in [0, 0.1) is 5.92 Å². The molecule has 23 heavy (non-hydrogen) atoms. The Labute approximate surface area is 135 Å². The van der Waals surface area contributed by atoms with Gasteiger partial charge in [0.05, 0.1) is 5.52 Å². The molecule has 1 amide bonds. The van der Waals surface area contributed by atoms with Gasteiger partial charge in [-0.3, -0.25) is 9.59 Å². The molecule has 1 aromatic carbocycles. The van der Waals surface area contributed by atoms with Gasteiger partial charge in [-0.15, -0.1) is 0 Å². The van der Waals surface area contributed by atoms with Gasteiger partial charge < -0.3 is 15.2 Å². The van der Waals surface area contributed by atoms with E-state index in [1.807, 2.05) is 23.6 Å². The monoisotopic (exact) mass is 313 g/mol. The van der Waals surface area contributed by atoms with Crippen molar-refractivity contribution in [1.82, 2.24) is 4.57 Å². The molecule has 3 rings (SSSR count). The fourth-order valence-electron chi connectivity index (χ4n) is 3.28. The number of anilines is 1. The molecule has 1 fully saturated rings. The van der Waals surface area contributed by atoms with Crippen molar-refractivity contribution in [2.45, 2.75) is 33.2 Å². The molecule has 0 unspecified atom stereocenters. The predicted molar refractivity (Wildman–Crippen MR) is 93.0 cm³/mol. The molecule has 1 aliphatic heterocycles. The lowest BCUT2D eigenvalue weighted by atomic mass is 9.98. The van der Waals surface area contributed by atoms with E-state index in [1.54, 1.807) is 6.20 Å². The van der Waals surface area contributed by atoms with Gasteiger partial charge in [-0.25, -0.2) is 0 Å². The number of carbonyl (C=O) groups is 1. The summed E-state index contributed by atoms with van der Waals surface area (Å²) < 4.78 is 1.92. The van der Waals surface area contributed by atoms with E-state index < -0.39 is 5.91 Å². The second kappa shape index (κ2) is 6.07. The van der Waals surface area contributed by atoms with E-state index in [0.29, 0.717) is 11.9 Å². The number of nitrogens with two attached hydrogens (primary N) is 1. The molecule has 2 heterocycles. The van der Waals surface area contributed by atoms with Crippen molar-refractivity contribution < 1.29 is 4.79 Å². The SMILES string of the molecule is CCn1cc(C(N)=O)c(=O)c2ccc(N3CCC(C)CC3)cc21. The molecule has 5 heteroatoms. The minimum atomic E-state index is -0.673. The standard InChI is InChI=1S/C18H23N3O2/c1-3-20-11-15(18(19)23)17(22)14-5-4-13(10-16(14)20)21-8-6-12(2)7-9-21/h4-5,10-12H,3,6-9H2,1-2H3,(H2,19,23). The molecular weight excluding hydrogens is 290 g/mol. The van der Waals surface area contributed by atoms with Crippen molar-refractivity contribution in [3.63, 3.8) is 0 Å². The third-order valence-electron chi connectivity index (χ3n) is 4.82. The van der Waals surface area contributed by atoms with Gasteiger partial charge in [0, 0.05) is 36.9 Å². The van der Waals surface area contributed by atoms with Crippen LogP contribution in [0.3, 0.4) is 0 Å². The van der Waals surface area contributed by atoms with Gasteiger partial charge in [-0.1, -0.05) is 6.92 Å². The molecule has 0 bridgehead atoms. The molecule has 0 spiro atoms. The number of piperidine rings is 1. The zero-order valence-corrected chi connectivity index (χ0v) is 13.7. The minimum absolute atomic E-state index is 0.0545. The fraction of sp³-hybridized carbons (Fsp3) is 0.444. The second-order valence-corrected chi connectivity index (χ2v) is 6.39. The number of amides is 1. The summed E-state index contributed by atoms with van der Waals surface area (Å²) in [7, 11) is 0. The highest BCUT2D eigenvalue weighted by Gasteiger charge is 2.18. The quantitative estimate of drug-likeness (QED) is 0.946. The van der Waals surface area contributed by atoms with E-state index >= 15 is 0 Å². The Morgan fingerprint density at radius 1 is 1.30 bits per heavy atom. The minimum Gasteiger partial charge on any atom is -0.371 e. The number of hydrogen-bond acceptors (Lipinski definition) is 3. The van der Waals surface area contributed by atoms with Crippen molar-refractivity contribution in [3.05, 3.63) is 40.2 Å². The van der Waals surface area contributed by atoms with Gasteiger partial charge in [0.2, 0.25) is 5.43 Å². The number of pyridine rings is 1. The van der Waals surface area contributed by atoms with Gasteiger partial charge in [-0.05, 0) is 43.9 Å². The molecule has 0 saturated carbocycles. The van der Waals surface area contributed by atoms with Gasteiger partial charge in [0.25, 0.3) is 5.91 Å². The topological polar surface area (TPSA) is 68.3 Å². The van der Waals surface area contributed by atoms with Crippen LogP contribution in [0.4, 0.5) is 5.69 Å². The van der Waals surface area contributed by atoms with Crippen molar-refractivity contribution in [2.75, 3.05) is 18.0 Å². The maximum Gasteiger partial charge on any atom is 0.254 e. The molecule has 1 aliphatic rings. The third-order valence-corrected chi connectivity index (χ3v) is 4.82. The van der Waals surface area contributed by atoms with Crippen molar-refractivity contribution >= 4 is 22.5 Å². The van der Waals surface area contributed by atoms with Crippen LogP contribution < -0.4 is 16.1 Å². The molecular formula is C18H23N3O2. The molecule has 5 nitrogen and oxygen atoms in total. The molecule has 0 aliphatic carbocycles. The Morgan fingerprint density at radius 3 is 2.61 bits per heavy atom. The van der Waals surface area contributed by atoms with Crippen LogP contribution in [0.1, 0.15) is 37.0 Å². The lowest BCUT2D eigenvalue weighted by molar-refractivity contribution is 0.0999. The number of carbonyl (C=O) groups excluding carboxylic acids is 1. The molecule has 1 saturated heterocycles. The fourth-order valence-corrected chi connectivity index (χ4v) is 3.28. The lowest BCUT2D eigenvalue weighted by Gasteiger charge is -2.32. The van der Waals surface area contributed by atoms with E-state index in [4.69, 9.17) is 5.73 Å². The van der Waals surface area contributed by atoms with Crippen LogP contribution in [0.2, 0.25) is 0 Å². The first-order valence-electron chi connectivity index (χ1n) is 8.23. The van der Waals surface area contributed by atoms with Crippen LogP contribution in [-0.2, 0) is 6.54 Å². The van der Waals surface area contributed by atoms with Crippen LogP contribution in [0.25, 0.3) is 10.9 Å². The van der Waals surface area contributed by atoms with Crippen LogP contribution in [0.15, 0.2) is 29.2 Å². The highest BCUT2D eigenvalue weighted by Crippen LogP contribution is 2.26. The van der Waals surface area contributed by atoms with Gasteiger partial charge in [-0.2, -0.15) is 0 Å². The second-order valence-electron chi connectivity index (χ2n) is 6.39. The maximum atomic E-state index is 12.4. The zero-order chi connectivity index (χ0) is 16.6. The van der Waals surface area contributed by atoms with Gasteiger partial charge >= 0.3 is 0 Å². The van der Waals surface area contributed by atoms with Gasteiger partial charge in [0.1, 0.15) is 5.56 Å². The number of aromatic nitrogens is 1. The zero-order valence-electron chi connectivity index (χ0n) is 13.7. The largest absolute Gasteiger partial charge is 0.371 e. The summed E-state index contributed by atoms with van der Waals surface area (Å²) in [5, 5.41) is 0.553. The van der Waals surface area contributed by atoms with E-state index in [2.05, 4.69) is 17.9 Å². The Kier molecular flexibility index (Phi) is 4.11. The number of hydrogen-bond donors (Lipinski definition) is 1. The summed E-state index contributed by atoms with van der Waals surface area (Å²) in [4.78, 5) is 26.3. The predicted octanol–water partition coefficient (Wildman–Crippen LogP) is 2.36. The van der Waals surface area contributed by atoms with Gasteiger partial charge in [0.15, 0.2) is 0 Å². The van der Waals surface area contributed by atoms with Crippen molar-refractivity contribution in [3.8, 4) is 0 Å². The Hall–Kier alpha value is -2.30. The highest BCUT2D eigenvalue weighted by atomic mass is 16.2. The molecule has 0 atom stereocenters. The Bertz CT molecular complexity index is 802. The first kappa shape index (κ1) is 15.6. The van der Waals surface area contributed by atoms with E-state index in [1.165, 1.54) is 12.8 Å². The number of primary amides is 1. The number of benzene rings is 1.